The summed E-state index contributed by atoms with van der Waals surface area (Å²) in [6.45, 7) is 3.36. The molecule has 0 aliphatic rings. The number of rotatable bonds is 5. The Bertz CT molecular complexity index is 672. The molecule has 1 aromatic heterocycles. The lowest BCUT2D eigenvalue weighted by molar-refractivity contribution is 0.380. The van der Waals surface area contributed by atoms with Gasteiger partial charge in [0.2, 0.25) is 11.7 Å². The molecule has 7 heteroatoms. The molecule has 0 bridgehead atoms. The van der Waals surface area contributed by atoms with Gasteiger partial charge in [0, 0.05) is 17.1 Å². The molecule has 0 saturated heterocycles. The van der Waals surface area contributed by atoms with E-state index in [1.165, 1.54) is 0 Å². The monoisotopic (exact) mass is 317 g/mol. The van der Waals surface area contributed by atoms with Crippen molar-refractivity contribution < 1.29 is 4.52 Å². The van der Waals surface area contributed by atoms with Crippen LogP contribution in [0.3, 0.4) is 0 Å². The number of nitrogens with one attached hydrogen (secondary N) is 2. The average Bonchev–Trinajstić information content (AvgIpc) is 3.00. The van der Waals surface area contributed by atoms with Gasteiger partial charge in [-0.05, 0) is 31.2 Å². The topological polar surface area (TPSA) is 75.3 Å². The van der Waals surface area contributed by atoms with Crippen molar-refractivity contribution in [1.29, 1.82) is 0 Å². The fraction of sp³-hybridized carbons (Fsp3) is 0.267. The first-order valence-electron chi connectivity index (χ1n) is 6.77. The predicted octanol–water partition coefficient (Wildman–Crippen LogP) is 2.08. The highest BCUT2D eigenvalue weighted by Crippen LogP contribution is 2.18. The largest absolute Gasteiger partial charge is 0.357 e. The molecule has 0 fully saturated rings. The second-order valence-electron chi connectivity index (χ2n) is 4.27. The summed E-state index contributed by atoms with van der Waals surface area (Å²) >= 11 is 5.85. The maximum atomic E-state index is 5.85. The average molecular weight is 318 g/mol. The van der Waals surface area contributed by atoms with E-state index in [4.69, 9.17) is 22.5 Å². The van der Waals surface area contributed by atoms with Gasteiger partial charge in [-0.3, -0.25) is 0 Å². The van der Waals surface area contributed by atoms with Crippen LogP contribution in [0.25, 0.3) is 11.4 Å². The Kier molecular flexibility index (Phi) is 5.81. The molecule has 0 aliphatic carbocycles. The van der Waals surface area contributed by atoms with Gasteiger partial charge in [0.05, 0.1) is 6.54 Å². The minimum atomic E-state index is 0.264. The highest BCUT2D eigenvalue weighted by molar-refractivity contribution is 6.30. The molecule has 2 rings (SSSR count). The minimum absolute atomic E-state index is 0.264. The first kappa shape index (κ1) is 15.9. The van der Waals surface area contributed by atoms with E-state index in [1.807, 2.05) is 19.1 Å². The van der Waals surface area contributed by atoms with Crippen molar-refractivity contribution >= 4 is 17.6 Å². The summed E-state index contributed by atoms with van der Waals surface area (Å²) in [7, 11) is 0. The lowest BCUT2D eigenvalue weighted by atomic mass is 10.2. The molecule has 2 N–H and O–H groups in total. The summed E-state index contributed by atoms with van der Waals surface area (Å²) in [5.74, 6) is 4.02. The van der Waals surface area contributed by atoms with Crippen molar-refractivity contribution in [2.45, 2.75) is 13.5 Å². The zero-order valence-corrected chi connectivity index (χ0v) is 12.9. The highest BCUT2D eigenvalue weighted by Gasteiger charge is 2.08. The summed E-state index contributed by atoms with van der Waals surface area (Å²) in [4.78, 5) is 8.62. The lowest BCUT2D eigenvalue weighted by Crippen LogP contribution is -2.37. The Labute approximate surface area is 134 Å². The zero-order valence-electron chi connectivity index (χ0n) is 12.1. The van der Waals surface area contributed by atoms with Crippen molar-refractivity contribution in [3.8, 4) is 23.7 Å². The van der Waals surface area contributed by atoms with Crippen LogP contribution in [-0.4, -0.2) is 29.2 Å². The number of benzene rings is 1. The standard InChI is InChI=1S/C15H16ClN5O/c1-3-9-18-15(17-4-2)19-10-13-20-14(21-22-13)11-5-7-12(16)8-6-11/h1,5-8H,4,9-10H2,2H3,(H2,17,18,19). The summed E-state index contributed by atoms with van der Waals surface area (Å²) in [6, 6.07) is 7.22. The first-order valence-corrected chi connectivity index (χ1v) is 7.15. The van der Waals surface area contributed by atoms with Gasteiger partial charge in [0.1, 0.15) is 6.54 Å². The van der Waals surface area contributed by atoms with Gasteiger partial charge >= 0.3 is 0 Å². The molecule has 0 amide bonds. The van der Waals surface area contributed by atoms with Crippen LogP contribution < -0.4 is 10.6 Å². The van der Waals surface area contributed by atoms with E-state index in [-0.39, 0.29) is 6.54 Å². The van der Waals surface area contributed by atoms with Gasteiger partial charge in [-0.1, -0.05) is 22.7 Å². The zero-order chi connectivity index (χ0) is 15.8. The maximum absolute atomic E-state index is 5.85. The Morgan fingerprint density at radius 1 is 1.36 bits per heavy atom. The van der Waals surface area contributed by atoms with Crippen molar-refractivity contribution in [3.63, 3.8) is 0 Å². The highest BCUT2D eigenvalue weighted by atomic mass is 35.5. The molecule has 2 aromatic rings. The van der Waals surface area contributed by atoms with Crippen LogP contribution in [0.2, 0.25) is 5.02 Å². The van der Waals surface area contributed by atoms with E-state index in [2.05, 4.69) is 31.7 Å². The van der Waals surface area contributed by atoms with Crippen LogP contribution in [0.5, 0.6) is 0 Å². The fourth-order valence-corrected chi connectivity index (χ4v) is 1.78. The summed E-state index contributed by atoms with van der Waals surface area (Å²) in [5.41, 5.74) is 0.834. The van der Waals surface area contributed by atoms with Crippen molar-refractivity contribution in [2.75, 3.05) is 13.1 Å². The van der Waals surface area contributed by atoms with Crippen LogP contribution in [0.15, 0.2) is 33.8 Å². The second kappa shape index (κ2) is 8.05. The Balaban J connectivity index is 2.04. The Morgan fingerprint density at radius 3 is 2.82 bits per heavy atom. The molecule has 114 valence electrons. The molecule has 1 aromatic carbocycles. The number of guanidine groups is 1. The van der Waals surface area contributed by atoms with Crippen molar-refractivity contribution in [3.05, 3.63) is 35.2 Å². The van der Waals surface area contributed by atoms with E-state index in [0.717, 1.165) is 12.1 Å². The maximum Gasteiger partial charge on any atom is 0.248 e. The molecule has 0 aliphatic heterocycles. The Morgan fingerprint density at radius 2 is 2.14 bits per heavy atom. The van der Waals surface area contributed by atoms with Crippen LogP contribution in [0.4, 0.5) is 0 Å². The van der Waals surface area contributed by atoms with E-state index in [9.17, 15) is 0 Å². The first-order chi connectivity index (χ1) is 10.7. The SMILES string of the molecule is C#CCNC(=NCc1nc(-c2ccc(Cl)cc2)no1)NCC. The van der Waals surface area contributed by atoms with E-state index in [1.54, 1.807) is 12.1 Å². The smallest absolute Gasteiger partial charge is 0.248 e. The van der Waals surface area contributed by atoms with Crippen molar-refractivity contribution in [2.24, 2.45) is 4.99 Å². The quantitative estimate of drug-likeness (QED) is 0.501. The molecule has 1 heterocycles. The molecule has 22 heavy (non-hydrogen) atoms. The molecule has 0 radical (unpaired) electrons. The molecular formula is C15H16ClN5O. The van der Waals surface area contributed by atoms with Crippen LogP contribution in [-0.2, 0) is 6.54 Å². The second-order valence-corrected chi connectivity index (χ2v) is 4.71. The fourth-order valence-electron chi connectivity index (χ4n) is 1.66. The predicted molar refractivity (Wildman–Crippen MR) is 86.4 cm³/mol. The van der Waals surface area contributed by atoms with Gasteiger partial charge in [-0.2, -0.15) is 4.98 Å². The normalized spacial score (nSPS) is 11.0. The number of aliphatic imine (C=N–C) groups is 1. The van der Waals surface area contributed by atoms with E-state index in [0.29, 0.717) is 29.2 Å². The van der Waals surface area contributed by atoms with Crippen LogP contribution >= 0.6 is 11.6 Å². The third-order valence-corrected chi connectivity index (χ3v) is 2.90. The van der Waals surface area contributed by atoms with Crippen molar-refractivity contribution in [1.82, 2.24) is 20.8 Å². The number of halogens is 1. The van der Waals surface area contributed by atoms with Gasteiger partial charge in [-0.25, -0.2) is 4.99 Å². The molecular weight excluding hydrogens is 302 g/mol. The van der Waals surface area contributed by atoms with E-state index < -0.39 is 0 Å². The molecule has 0 atom stereocenters. The number of terminal acetylenes is 1. The van der Waals surface area contributed by atoms with Gasteiger partial charge < -0.3 is 15.2 Å². The van der Waals surface area contributed by atoms with Gasteiger partial charge in [0.25, 0.3) is 0 Å². The number of hydrogen-bond acceptors (Lipinski definition) is 4. The van der Waals surface area contributed by atoms with Crippen LogP contribution in [0, 0.1) is 12.3 Å². The lowest BCUT2D eigenvalue weighted by Gasteiger charge is -2.07. The molecule has 0 unspecified atom stereocenters. The number of aromatic nitrogens is 2. The minimum Gasteiger partial charge on any atom is -0.357 e. The number of hydrogen-bond donors (Lipinski definition) is 2. The van der Waals surface area contributed by atoms with Gasteiger partial charge in [0.15, 0.2) is 5.96 Å². The Hall–Kier alpha value is -2.52. The van der Waals surface area contributed by atoms with E-state index >= 15 is 0 Å². The third-order valence-electron chi connectivity index (χ3n) is 2.65. The summed E-state index contributed by atoms with van der Waals surface area (Å²) < 4.78 is 5.19. The summed E-state index contributed by atoms with van der Waals surface area (Å²) in [5, 5.41) is 10.6. The molecule has 6 nitrogen and oxygen atoms in total. The molecule has 0 saturated carbocycles. The van der Waals surface area contributed by atoms with Crippen LogP contribution in [0.1, 0.15) is 12.8 Å². The molecule has 0 spiro atoms. The van der Waals surface area contributed by atoms with Gasteiger partial charge in [-0.15, -0.1) is 6.42 Å². The third kappa shape index (κ3) is 4.50. The summed E-state index contributed by atoms with van der Waals surface area (Å²) in [6.07, 6.45) is 5.21. The number of nitrogens with zero attached hydrogens (tertiary/aromatic N) is 3.